The van der Waals surface area contributed by atoms with Crippen molar-refractivity contribution < 1.29 is 13.5 Å². The van der Waals surface area contributed by atoms with E-state index in [9.17, 15) is 13.5 Å². The van der Waals surface area contributed by atoms with Gasteiger partial charge in [-0.2, -0.15) is 0 Å². The summed E-state index contributed by atoms with van der Waals surface area (Å²) in [7, 11) is -3.63. The fourth-order valence-electron chi connectivity index (χ4n) is 1.98. The Bertz CT molecular complexity index is 858. The van der Waals surface area contributed by atoms with Crippen molar-refractivity contribution in [1.82, 2.24) is 9.71 Å². The maximum atomic E-state index is 12.3. The number of hydrogen-bond acceptors (Lipinski definition) is 5. The van der Waals surface area contributed by atoms with Crippen molar-refractivity contribution in [1.29, 1.82) is 0 Å². The van der Waals surface area contributed by atoms with Gasteiger partial charge in [-0.25, -0.2) is 13.1 Å². The number of sulfonamides is 1. The van der Waals surface area contributed by atoms with Gasteiger partial charge in [-0.15, -0.1) is 10.2 Å². The number of hydrogen-bond donors (Lipinski definition) is 4. The molecule has 0 spiro atoms. The molecule has 5 N–H and O–H groups in total. The summed E-state index contributed by atoms with van der Waals surface area (Å²) in [6.07, 6.45) is 1.64. The fourth-order valence-corrected chi connectivity index (χ4v) is 3.12. The summed E-state index contributed by atoms with van der Waals surface area (Å²) in [6, 6.07) is 4.40. The lowest BCUT2D eigenvalue weighted by atomic mass is 10.2. The van der Waals surface area contributed by atoms with Gasteiger partial charge in [0.15, 0.2) is 5.69 Å². The molecule has 1 aromatic carbocycles. The molecule has 0 atom stereocenters. The Labute approximate surface area is 138 Å². The van der Waals surface area contributed by atoms with Crippen molar-refractivity contribution in [2.75, 3.05) is 6.54 Å². The van der Waals surface area contributed by atoms with E-state index in [0.717, 1.165) is 12.8 Å². The Balaban J connectivity index is 2.45. The molecule has 0 bridgehead atoms. The summed E-state index contributed by atoms with van der Waals surface area (Å²) < 4.78 is 27.0. The summed E-state index contributed by atoms with van der Waals surface area (Å²) in [5, 5.41) is 17.3. The molecule has 8 nitrogen and oxygen atoms in total. The van der Waals surface area contributed by atoms with Crippen LogP contribution in [0.5, 0.6) is 5.88 Å². The molecule has 2 aromatic rings. The number of unbranched alkanes of at least 4 members (excludes halogenated alkanes) is 1. The van der Waals surface area contributed by atoms with Crippen LogP contribution in [0.1, 0.15) is 19.8 Å². The number of benzene rings is 1. The van der Waals surface area contributed by atoms with Crippen molar-refractivity contribution in [3.05, 3.63) is 18.2 Å². The molecule has 0 saturated carbocycles. The third-order valence-corrected chi connectivity index (χ3v) is 4.65. The highest BCUT2D eigenvalue weighted by Gasteiger charge is 2.17. The van der Waals surface area contributed by atoms with Crippen LogP contribution >= 0.6 is 12.2 Å². The van der Waals surface area contributed by atoms with Crippen LogP contribution in [0.25, 0.3) is 10.9 Å². The van der Waals surface area contributed by atoms with Gasteiger partial charge >= 0.3 is 0 Å². The van der Waals surface area contributed by atoms with Crippen LogP contribution < -0.4 is 10.5 Å². The van der Waals surface area contributed by atoms with E-state index in [2.05, 4.69) is 32.2 Å². The van der Waals surface area contributed by atoms with E-state index in [0.29, 0.717) is 17.4 Å². The monoisotopic (exact) mass is 355 g/mol. The van der Waals surface area contributed by atoms with E-state index >= 15 is 0 Å². The molecule has 1 heterocycles. The van der Waals surface area contributed by atoms with Crippen LogP contribution in [-0.4, -0.2) is 30.2 Å². The van der Waals surface area contributed by atoms with Crippen molar-refractivity contribution in [2.45, 2.75) is 24.7 Å². The Morgan fingerprint density at radius 1 is 1.48 bits per heavy atom. The highest BCUT2D eigenvalue weighted by molar-refractivity contribution is 7.89. The number of fused-ring (bicyclic) bond motifs is 1. The Hall–Kier alpha value is -2.04. The van der Waals surface area contributed by atoms with Gasteiger partial charge < -0.3 is 15.8 Å². The highest BCUT2D eigenvalue weighted by atomic mass is 32.2. The molecule has 0 aliphatic carbocycles. The normalized spacial score (nSPS) is 12.2. The predicted molar refractivity (Wildman–Crippen MR) is 91.4 cm³/mol. The van der Waals surface area contributed by atoms with Crippen LogP contribution in [0, 0.1) is 0 Å². The van der Waals surface area contributed by atoms with Gasteiger partial charge in [-0.3, -0.25) is 0 Å². The molecule has 0 aliphatic rings. The molecule has 0 aliphatic heterocycles. The lowest BCUT2D eigenvalue weighted by Crippen LogP contribution is -2.24. The molecule has 0 amide bonds. The van der Waals surface area contributed by atoms with Crippen molar-refractivity contribution in [2.24, 2.45) is 16.0 Å². The maximum Gasteiger partial charge on any atom is 0.240 e. The van der Waals surface area contributed by atoms with Gasteiger partial charge in [-0.1, -0.05) is 13.3 Å². The molecule has 0 radical (unpaired) electrons. The minimum Gasteiger partial charge on any atom is -0.493 e. The van der Waals surface area contributed by atoms with E-state index in [1.54, 1.807) is 6.07 Å². The third-order valence-electron chi connectivity index (χ3n) is 3.10. The molecular weight excluding hydrogens is 338 g/mol. The first-order chi connectivity index (χ1) is 10.8. The second-order valence-corrected chi connectivity index (χ2v) is 7.00. The first-order valence-corrected chi connectivity index (χ1v) is 8.80. The summed E-state index contributed by atoms with van der Waals surface area (Å²) >= 11 is 4.60. The molecular formula is C13H17N5O3S2. The molecule has 23 heavy (non-hydrogen) atoms. The smallest absolute Gasteiger partial charge is 0.240 e. The molecule has 10 heteroatoms. The molecule has 2 rings (SSSR count). The summed E-state index contributed by atoms with van der Waals surface area (Å²) in [6.45, 7) is 2.34. The third kappa shape index (κ3) is 4.03. The maximum absolute atomic E-state index is 12.3. The Kier molecular flexibility index (Phi) is 5.29. The van der Waals surface area contributed by atoms with E-state index < -0.39 is 10.0 Å². The minimum absolute atomic E-state index is 0.0758. The number of aromatic nitrogens is 1. The Morgan fingerprint density at radius 2 is 2.22 bits per heavy atom. The number of rotatable bonds is 6. The quantitative estimate of drug-likeness (QED) is 0.358. The SMILES string of the molecule is CCCCNS(=O)(=O)c1ccc2[nH]c(O)c(N=NC(N)=S)c2c1. The van der Waals surface area contributed by atoms with E-state index in [-0.39, 0.29) is 21.6 Å². The minimum atomic E-state index is -3.63. The number of nitrogens with two attached hydrogens (primary N) is 1. The molecule has 1 aromatic heterocycles. The average molecular weight is 355 g/mol. The molecule has 124 valence electrons. The number of aromatic amines is 1. The van der Waals surface area contributed by atoms with Crippen LogP contribution in [0.15, 0.2) is 33.3 Å². The van der Waals surface area contributed by atoms with E-state index in [1.165, 1.54) is 12.1 Å². The van der Waals surface area contributed by atoms with Crippen LogP contribution in [0.3, 0.4) is 0 Å². The van der Waals surface area contributed by atoms with Crippen molar-refractivity contribution >= 4 is 43.9 Å². The summed E-state index contributed by atoms with van der Waals surface area (Å²) in [5.74, 6) is -0.242. The second kappa shape index (κ2) is 7.02. The van der Waals surface area contributed by atoms with E-state index in [1.807, 2.05) is 6.92 Å². The van der Waals surface area contributed by atoms with Crippen molar-refractivity contribution in [3.63, 3.8) is 0 Å². The van der Waals surface area contributed by atoms with Gasteiger partial charge in [0.1, 0.15) is 0 Å². The standard InChI is InChI=1S/C13H17N5O3S2/c1-2-3-6-15-23(20,21)8-4-5-10-9(7-8)11(12(19)16-10)17-18-13(14)22/h4-5,7,15-16,19H,2-3,6H2,1H3,(H2,14,22). The van der Waals surface area contributed by atoms with Crippen LogP contribution in [0.4, 0.5) is 5.69 Å². The largest absolute Gasteiger partial charge is 0.493 e. The number of nitrogens with one attached hydrogen (secondary N) is 2. The predicted octanol–water partition coefficient (Wildman–Crippen LogP) is 2.28. The lowest BCUT2D eigenvalue weighted by molar-refractivity contribution is 0.459. The van der Waals surface area contributed by atoms with Gasteiger partial charge in [0, 0.05) is 11.9 Å². The number of nitrogens with zero attached hydrogens (tertiary/aromatic N) is 2. The topological polar surface area (TPSA) is 133 Å². The second-order valence-electron chi connectivity index (χ2n) is 4.82. The number of H-pyrrole nitrogens is 1. The zero-order valence-electron chi connectivity index (χ0n) is 12.4. The zero-order valence-corrected chi connectivity index (χ0v) is 14.0. The molecule has 0 saturated heterocycles. The van der Waals surface area contributed by atoms with Gasteiger partial charge in [0.2, 0.25) is 21.0 Å². The van der Waals surface area contributed by atoms with E-state index in [4.69, 9.17) is 5.73 Å². The number of thiocarbonyl (C=S) groups is 1. The molecule has 0 unspecified atom stereocenters. The number of azo groups is 1. The summed E-state index contributed by atoms with van der Waals surface area (Å²) in [5.41, 5.74) is 5.85. The van der Waals surface area contributed by atoms with Crippen molar-refractivity contribution in [3.8, 4) is 5.88 Å². The van der Waals surface area contributed by atoms with Crippen LogP contribution in [-0.2, 0) is 10.0 Å². The highest BCUT2D eigenvalue weighted by Crippen LogP contribution is 2.36. The fraction of sp³-hybridized carbons (Fsp3) is 0.308. The van der Waals surface area contributed by atoms with Gasteiger partial charge in [0.25, 0.3) is 0 Å². The lowest BCUT2D eigenvalue weighted by Gasteiger charge is -2.06. The average Bonchev–Trinajstić information content (AvgIpc) is 2.79. The van der Waals surface area contributed by atoms with Gasteiger partial charge in [-0.05, 0) is 36.8 Å². The Morgan fingerprint density at radius 3 is 2.87 bits per heavy atom. The zero-order chi connectivity index (χ0) is 17.0. The number of aromatic hydroxyl groups is 1. The molecule has 0 fully saturated rings. The summed E-state index contributed by atoms with van der Waals surface area (Å²) in [4.78, 5) is 2.76. The first-order valence-electron chi connectivity index (χ1n) is 6.90. The first kappa shape index (κ1) is 17.3. The van der Waals surface area contributed by atoms with Crippen LogP contribution in [0.2, 0.25) is 0 Å². The van der Waals surface area contributed by atoms with Gasteiger partial charge in [0.05, 0.1) is 10.4 Å².